The molecule has 1 fully saturated rings. The summed E-state index contributed by atoms with van der Waals surface area (Å²) in [5.41, 5.74) is 1.97. The van der Waals surface area contributed by atoms with Crippen molar-refractivity contribution in [3.8, 4) is 0 Å². The molecular weight excluding hydrogens is 204 g/mol. The van der Waals surface area contributed by atoms with E-state index < -0.39 is 0 Å². The van der Waals surface area contributed by atoms with Gasteiger partial charge in [0.2, 0.25) is 0 Å². The second-order valence-corrected chi connectivity index (χ2v) is 4.21. The maximum atomic E-state index is 11.7. The number of Topliss-reactive ketones (excluding diaryl/α,β-unsaturated/α-hetero) is 1. The van der Waals surface area contributed by atoms with E-state index >= 15 is 0 Å². The molecule has 0 spiro atoms. The van der Waals surface area contributed by atoms with E-state index in [1.165, 1.54) is 0 Å². The van der Waals surface area contributed by atoms with Crippen molar-refractivity contribution >= 4 is 24.5 Å². The number of carbonyl (C=O) groups is 1. The van der Waals surface area contributed by atoms with Crippen LogP contribution in [0.4, 0.5) is 0 Å². The van der Waals surface area contributed by atoms with Gasteiger partial charge < -0.3 is 0 Å². The van der Waals surface area contributed by atoms with Gasteiger partial charge in [0.15, 0.2) is 5.78 Å². The van der Waals surface area contributed by atoms with Crippen LogP contribution in [0.15, 0.2) is 30.3 Å². The molecule has 1 aromatic rings. The molecule has 1 aliphatic rings. The molecule has 2 rings (SSSR count). The van der Waals surface area contributed by atoms with E-state index in [4.69, 9.17) is 0 Å². The lowest BCUT2D eigenvalue weighted by Gasteiger charge is -1.99. The van der Waals surface area contributed by atoms with Crippen LogP contribution >= 0.6 is 12.6 Å². The van der Waals surface area contributed by atoms with Crippen LogP contribution in [0, 0.1) is 5.92 Å². The highest BCUT2D eigenvalue weighted by Crippen LogP contribution is 2.32. The lowest BCUT2D eigenvalue weighted by Crippen LogP contribution is -2.00. The highest BCUT2D eigenvalue weighted by molar-refractivity contribution is 7.80. The Kier molecular flexibility index (Phi) is 3.27. The van der Waals surface area contributed by atoms with E-state index in [-0.39, 0.29) is 0 Å². The SMILES string of the molecule is O=C(c1ccc(C=CCS)cc1)C1CC1. The first-order valence-electron chi connectivity index (χ1n) is 5.23. The summed E-state index contributed by atoms with van der Waals surface area (Å²) < 4.78 is 0. The standard InChI is InChI=1S/C13H14OS/c14-13(12-7-8-12)11-5-3-10(4-6-11)2-1-9-15/h1-6,12,15H,7-9H2. The zero-order valence-electron chi connectivity index (χ0n) is 8.52. The summed E-state index contributed by atoms with van der Waals surface area (Å²) in [5, 5.41) is 0. The Balaban J connectivity index is 2.09. The molecule has 0 aliphatic heterocycles. The third-order valence-electron chi connectivity index (χ3n) is 2.56. The number of hydrogen-bond acceptors (Lipinski definition) is 2. The molecule has 0 atom stereocenters. The number of thiol groups is 1. The number of ketones is 1. The molecule has 0 amide bonds. The largest absolute Gasteiger partial charge is 0.294 e. The van der Waals surface area contributed by atoms with Gasteiger partial charge >= 0.3 is 0 Å². The van der Waals surface area contributed by atoms with Crippen LogP contribution in [-0.2, 0) is 0 Å². The second kappa shape index (κ2) is 4.67. The summed E-state index contributed by atoms with van der Waals surface area (Å²) in [6, 6.07) is 7.79. The molecule has 2 heteroatoms. The smallest absolute Gasteiger partial charge is 0.165 e. The van der Waals surface area contributed by atoms with Crippen LogP contribution in [0.3, 0.4) is 0 Å². The van der Waals surface area contributed by atoms with Gasteiger partial charge in [-0.3, -0.25) is 4.79 Å². The number of rotatable bonds is 4. The maximum Gasteiger partial charge on any atom is 0.165 e. The molecule has 0 heterocycles. The monoisotopic (exact) mass is 218 g/mol. The number of hydrogen-bond donors (Lipinski definition) is 1. The van der Waals surface area contributed by atoms with Crippen molar-refractivity contribution < 1.29 is 4.79 Å². The van der Waals surface area contributed by atoms with Crippen LogP contribution in [0.25, 0.3) is 6.08 Å². The Labute approximate surface area is 95.6 Å². The highest BCUT2D eigenvalue weighted by Gasteiger charge is 2.30. The zero-order chi connectivity index (χ0) is 10.7. The Hall–Kier alpha value is -1.02. The minimum atomic E-state index is 0.305. The van der Waals surface area contributed by atoms with Crippen molar-refractivity contribution in [1.29, 1.82) is 0 Å². The average molecular weight is 218 g/mol. The average Bonchev–Trinajstić information content (AvgIpc) is 3.10. The van der Waals surface area contributed by atoms with Crippen molar-refractivity contribution in [2.75, 3.05) is 5.75 Å². The summed E-state index contributed by atoms with van der Waals surface area (Å²) in [6.45, 7) is 0. The quantitative estimate of drug-likeness (QED) is 0.606. The van der Waals surface area contributed by atoms with Crippen LogP contribution in [-0.4, -0.2) is 11.5 Å². The molecule has 0 N–H and O–H groups in total. The van der Waals surface area contributed by atoms with Gasteiger partial charge in [0.05, 0.1) is 0 Å². The Morgan fingerprint density at radius 3 is 2.53 bits per heavy atom. The molecule has 0 radical (unpaired) electrons. The van der Waals surface area contributed by atoms with E-state index in [0.717, 1.165) is 29.7 Å². The molecule has 1 saturated carbocycles. The Bertz CT molecular complexity index is 374. The minimum absolute atomic E-state index is 0.305. The van der Waals surface area contributed by atoms with E-state index in [0.29, 0.717) is 11.7 Å². The van der Waals surface area contributed by atoms with Crippen molar-refractivity contribution in [3.63, 3.8) is 0 Å². The van der Waals surface area contributed by atoms with Gasteiger partial charge in [-0.2, -0.15) is 12.6 Å². The predicted octanol–water partition coefficient (Wildman–Crippen LogP) is 3.22. The van der Waals surface area contributed by atoms with Crippen molar-refractivity contribution in [2.24, 2.45) is 5.92 Å². The summed E-state index contributed by atoms with van der Waals surface area (Å²) >= 11 is 4.10. The van der Waals surface area contributed by atoms with E-state index in [9.17, 15) is 4.79 Å². The molecule has 1 nitrogen and oxygen atoms in total. The first-order valence-corrected chi connectivity index (χ1v) is 5.86. The fourth-order valence-electron chi connectivity index (χ4n) is 1.53. The third-order valence-corrected chi connectivity index (χ3v) is 2.77. The van der Waals surface area contributed by atoms with E-state index in [1.54, 1.807) is 0 Å². The van der Waals surface area contributed by atoms with E-state index in [2.05, 4.69) is 12.6 Å². The van der Waals surface area contributed by atoms with Crippen LogP contribution in [0.2, 0.25) is 0 Å². The van der Waals surface area contributed by atoms with Gasteiger partial charge in [-0.1, -0.05) is 36.4 Å². The maximum absolute atomic E-state index is 11.7. The number of carbonyl (C=O) groups excluding carboxylic acids is 1. The summed E-state index contributed by atoms with van der Waals surface area (Å²) in [7, 11) is 0. The van der Waals surface area contributed by atoms with Gasteiger partial charge in [0.25, 0.3) is 0 Å². The molecule has 1 aliphatic carbocycles. The van der Waals surface area contributed by atoms with Gasteiger partial charge in [-0.25, -0.2) is 0 Å². The molecule has 15 heavy (non-hydrogen) atoms. The molecule has 1 aromatic carbocycles. The van der Waals surface area contributed by atoms with Crippen molar-refractivity contribution in [3.05, 3.63) is 41.5 Å². The van der Waals surface area contributed by atoms with E-state index in [1.807, 2.05) is 36.4 Å². The summed E-state index contributed by atoms with van der Waals surface area (Å²) in [6.07, 6.45) is 6.14. The highest BCUT2D eigenvalue weighted by atomic mass is 32.1. The van der Waals surface area contributed by atoms with Crippen LogP contribution in [0.1, 0.15) is 28.8 Å². The topological polar surface area (TPSA) is 17.1 Å². The fraction of sp³-hybridized carbons (Fsp3) is 0.308. The Morgan fingerprint density at radius 1 is 1.33 bits per heavy atom. The van der Waals surface area contributed by atoms with Gasteiger partial charge in [0.1, 0.15) is 0 Å². The molecule has 0 unspecified atom stereocenters. The van der Waals surface area contributed by atoms with Crippen molar-refractivity contribution in [1.82, 2.24) is 0 Å². The number of benzene rings is 1. The summed E-state index contributed by atoms with van der Waals surface area (Å²) in [5.74, 6) is 1.35. The fourth-order valence-corrected chi connectivity index (χ4v) is 1.63. The second-order valence-electron chi connectivity index (χ2n) is 3.85. The van der Waals surface area contributed by atoms with Crippen LogP contribution < -0.4 is 0 Å². The van der Waals surface area contributed by atoms with Crippen molar-refractivity contribution in [2.45, 2.75) is 12.8 Å². The van der Waals surface area contributed by atoms with Crippen LogP contribution in [0.5, 0.6) is 0 Å². The molecule has 0 aromatic heterocycles. The molecule has 0 bridgehead atoms. The minimum Gasteiger partial charge on any atom is -0.294 e. The lowest BCUT2D eigenvalue weighted by atomic mass is 10.1. The molecular formula is C13H14OS. The first kappa shape index (κ1) is 10.5. The molecule has 78 valence electrons. The third kappa shape index (κ3) is 2.72. The zero-order valence-corrected chi connectivity index (χ0v) is 9.41. The Morgan fingerprint density at radius 2 is 2.00 bits per heavy atom. The molecule has 0 saturated heterocycles. The predicted molar refractivity (Wildman–Crippen MR) is 66.4 cm³/mol. The first-order chi connectivity index (χ1) is 7.31. The lowest BCUT2D eigenvalue weighted by molar-refractivity contribution is 0.0967. The van der Waals surface area contributed by atoms with Gasteiger partial charge in [-0.15, -0.1) is 0 Å². The van der Waals surface area contributed by atoms with Gasteiger partial charge in [0, 0.05) is 17.2 Å². The summed E-state index contributed by atoms with van der Waals surface area (Å²) in [4.78, 5) is 11.7. The normalized spacial score (nSPS) is 15.8. The van der Waals surface area contributed by atoms with Gasteiger partial charge in [-0.05, 0) is 18.4 Å².